The largest absolute Gasteiger partial charge is 0.387 e. The molecule has 1 amide bonds. The van der Waals surface area contributed by atoms with E-state index in [1.807, 2.05) is 42.6 Å². The number of anilines is 1. The number of carbonyl (C=O) groups is 1. The Morgan fingerprint density at radius 3 is 2.64 bits per heavy atom. The molecular weight excluding hydrogens is 359 g/mol. The van der Waals surface area contributed by atoms with Gasteiger partial charge in [0, 0.05) is 11.8 Å². The highest BCUT2D eigenvalue weighted by Gasteiger charge is 2.55. The van der Waals surface area contributed by atoms with Crippen molar-refractivity contribution in [3.63, 3.8) is 0 Å². The number of amides is 1. The van der Waals surface area contributed by atoms with E-state index in [9.17, 15) is 9.90 Å². The molecule has 1 fully saturated rings. The molecule has 4 N–H and O–H groups in total. The summed E-state index contributed by atoms with van der Waals surface area (Å²) in [6.07, 6.45) is 3.98. The van der Waals surface area contributed by atoms with Crippen molar-refractivity contribution in [1.82, 2.24) is 9.61 Å². The Morgan fingerprint density at radius 2 is 2.04 bits per heavy atom. The van der Waals surface area contributed by atoms with Gasteiger partial charge in [0.2, 0.25) is 0 Å². The molecule has 28 heavy (non-hydrogen) atoms. The van der Waals surface area contributed by atoms with E-state index in [-0.39, 0.29) is 5.56 Å². The van der Waals surface area contributed by atoms with E-state index in [1.54, 1.807) is 4.52 Å². The second-order valence-electron chi connectivity index (χ2n) is 7.81. The Morgan fingerprint density at radius 1 is 1.32 bits per heavy atom. The number of carbonyl (C=O) groups excluding carboxylic acids is 1. The number of primary amides is 1. The molecular formula is C21H23FN4O2. The average Bonchev–Trinajstić information content (AvgIpc) is 3.17. The number of alkyl halides is 1. The lowest BCUT2D eigenvalue weighted by atomic mass is 9.89. The molecule has 0 radical (unpaired) electrons. The van der Waals surface area contributed by atoms with Crippen molar-refractivity contribution < 1.29 is 14.3 Å². The maximum Gasteiger partial charge on any atom is 0.252 e. The number of hydrogen-bond acceptors (Lipinski definition) is 4. The fourth-order valence-electron chi connectivity index (χ4n) is 3.88. The summed E-state index contributed by atoms with van der Waals surface area (Å²) in [7, 11) is 0. The topological polar surface area (TPSA) is 92.6 Å². The van der Waals surface area contributed by atoms with Crippen LogP contribution in [0.25, 0.3) is 16.6 Å². The lowest BCUT2D eigenvalue weighted by Gasteiger charge is -2.34. The summed E-state index contributed by atoms with van der Waals surface area (Å²) in [6, 6.07) is 11.0. The Hall–Kier alpha value is -2.93. The number of rotatable bonds is 4. The molecule has 0 saturated heterocycles. The van der Waals surface area contributed by atoms with Crippen LogP contribution < -0.4 is 11.1 Å². The number of nitrogens with two attached hydrogens (primary N) is 1. The molecule has 3 aromatic rings. The molecule has 0 aliphatic heterocycles. The first-order valence-electron chi connectivity index (χ1n) is 9.25. The summed E-state index contributed by atoms with van der Waals surface area (Å²) in [5, 5.41) is 17.8. The maximum atomic E-state index is 15.3. The van der Waals surface area contributed by atoms with E-state index >= 15 is 4.39 Å². The Balaban J connectivity index is 1.83. The molecule has 0 unspecified atom stereocenters. The third-order valence-corrected chi connectivity index (χ3v) is 5.96. The Kier molecular flexibility index (Phi) is 4.15. The molecule has 0 bridgehead atoms. The summed E-state index contributed by atoms with van der Waals surface area (Å²) in [5.74, 6) is -0.648. The molecule has 0 spiro atoms. The summed E-state index contributed by atoms with van der Waals surface area (Å²) < 4.78 is 16.9. The van der Waals surface area contributed by atoms with Gasteiger partial charge in [-0.15, -0.1) is 0 Å². The molecule has 2 aromatic heterocycles. The molecule has 3 atom stereocenters. The van der Waals surface area contributed by atoms with E-state index in [0.717, 1.165) is 11.1 Å². The van der Waals surface area contributed by atoms with E-state index in [2.05, 4.69) is 10.4 Å². The number of aliphatic hydroxyl groups is 1. The number of fused-ring (bicyclic) bond motifs is 1. The lowest BCUT2D eigenvalue weighted by Crippen LogP contribution is -2.50. The van der Waals surface area contributed by atoms with Gasteiger partial charge < -0.3 is 16.2 Å². The third kappa shape index (κ3) is 2.82. The van der Waals surface area contributed by atoms with Crippen molar-refractivity contribution in [3.8, 4) is 11.1 Å². The first kappa shape index (κ1) is 18.4. The third-order valence-electron chi connectivity index (χ3n) is 5.96. The second kappa shape index (κ2) is 6.31. The van der Waals surface area contributed by atoms with Crippen LogP contribution in [0.15, 0.2) is 48.8 Å². The summed E-state index contributed by atoms with van der Waals surface area (Å²) >= 11 is 0. The number of halogens is 1. The standard InChI is InChI=1S/C21H23FN4O2/c1-20(28)9-8-17(21(20,2)22)25-18-15(19(23)27)11-24-26-12-14(10-16(18)26)13-6-4-3-5-7-13/h3-7,10-12,17,25,28H,8-9H2,1-2H3,(H2,23,27)/t17-,20-,21-/m1/s1. The van der Waals surface area contributed by atoms with Crippen LogP contribution in [0.4, 0.5) is 10.1 Å². The minimum Gasteiger partial charge on any atom is -0.387 e. The molecule has 1 aromatic carbocycles. The van der Waals surface area contributed by atoms with E-state index < -0.39 is 23.2 Å². The van der Waals surface area contributed by atoms with Gasteiger partial charge in [0.15, 0.2) is 5.67 Å². The van der Waals surface area contributed by atoms with Crippen LogP contribution in [0.5, 0.6) is 0 Å². The summed E-state index contributed by atoms with van der Waals surface area (Å²) in [4.78, 5) is 12.0. The molecule has 1 saturated carbocycles. The highest BCUT2D eigenvalue weighted by molar-refractivity contribution is 6.02. The van der Waals surface area contributed by atoms with Gasteiger partial charge in [0.1, 0.15) is 0 Å². The minimum absolute atomic E-state index is 0.188. The van der Waals surface area contributed by atoms with Crippen LogP contribution in [0.3, 0.4) is 0 Å². The highest BCUT2D eigenvalue weighted by Crippen LogP contribution is 2.44. The first-order valence-corrected chi connectivity index (χ1v) is 9.25. The minimum atomic E-state index is -1.86. The smallest absolute Gasteiger partial charge is 0.252 e. The first-order chi connectivity index (χ1) is 13.2. The zero-order valence-corrected chi connectivity index (χ0v) is 15.8. The summed E-state index contributed by atoms with van der Waals surface area (Å²) in [6.45, 7) is 2.88. The molecule has 4 rings (SSSR count). The molecule has 6 nitrogen and oxygen atoms in total. The predicted molar refractivity (Wildman–Crippen MR) is 106 cm³/mol. The van der Waals surface area contributed by atoms with Crippen molar-refractivity contribution in [2.75, 3.05) is 5.32 Å². The zero-order valence-electron chi connectivity index (χ0n) is 15.8. The Labute approximate surface area is 162 Å². The predicted octanol–water partition coefficient (Wildman–Crippen LogP) is 3.15. The fourth-order valence-corrected chi connectivity index (χ4v) is 3.88. The molecule has 146 valence electrons. The molecule has 2 heterocycles. The van der Waals surface area contributed by atoms with Gasteiger partial charge >= 0.3 is 0 Å². The van der Waals surface area contributed by atoms with Crippen molar-refractivity contribution >= 4 is 17.1 Å². The second-order valence-corrected chi connectivity index (χ2v) is 7.81. The van der Waals surface area contributed by atoms with Gasteiger partial charge in [0.05, 0.1) is 34.6 Å². The highest BCUT2D eigenvalue weighted by atomic mass is 19.1. The van der Waals surface area contributed by atoms with Crippen LogP contribution in [-0.2, 0) is 0 Å². The Bertz CT molecular complexity index is 1040. The van der Waals surface area contributed by atoms with E-state index in [1.165, 1.54) is 20.0 Å². The van der Waals surface area contributed by atoms with E-state index in [0.29, 0.717) is 24.0 Å². The van der Waals surface area contributed by atoms with E-state index in [4.69, 9.17) is 5.73 Å². The number of nitrogens with one attached hydrogen (secondary N) is 1. The molecule has 1 aliphatic rings. The average molecular weight is 382 g/mol. The van der Waals surface area contributed by atoms with Crippen molar-refractivity contribution in [2.24, 2.45) is 5.73 Å². The molecule has 1 aliphatic carbocycles. The number of nitrogens with zero attached hydrogens (tertiary/aromatic N) is 2. The van der Waals surface area contributed by atoms with Gasteiger partial charge in [-0.2, -0.15) is 5.10 Å². The van der Waals surface area contributed by atoms with Gasteiger partial charge in [-0.3, -0.25) is 4.79 Å². The van der Waals surface area contributed by atoms with Crippen molar-refractivity contribution in [3.05, 3.63) is 54.4 Å². The van der Waals surface area contributed by atoms with Crippen LogP contribution in [0.1, 0.15) is 37.0 Å². The van der Waals surface area contributed by atoms with Crippen molar-refractivity contribution in [1.29, 1.82) is 0 Å². The van der Waals surface area contributed by atoms with Crippen LogP contribution in [0.2, 0.25) is 0 Å². The van der Waals surface area contributed by atoms with Crippen molar-refractivity contribution in [2.45, 2.75) is 44.0 Å². The quantitative estimate of drug-likeness (QED) is 0.646. The van der Waals surface area contributed by atoms with Crippen LogP contribution in [0, 0.1) is 0 Å². The van der Waals surface area contributed by atoms with Gasteiger partial charge in [-0.05, 0) is 38.3 Å². The number of hydrogen-bond donors (Lipinski definition) is 3. The SMILES string of the molecule is C[C@@]1(O)CC[C@@H](Nc2c(C(N)=O)cnn3cc(-c4ccccc4)cc23)[C@@]1(C)F. The van der Waals surface area contributed by atoms with Gasteiger partial charge in [-0.25, -0.2) is 8.91 Å². The lowest BCUT2D eigenvalue weighted by molar-refractivity contribution is -0.0598. The normalized spacial score (nSPS) is 27.2. The number of aromatic nitrogens is 2. The maximum absolute atomic E-state index is 15.3. The number of benzene rings is 1. The molecule has 7 heteroatoms. The van der Waals surface area contributed by atoms with Crippen LogP contribution in [-0.4, -0.2) is 37.9 Å². The van der Waals surface area contributed by atoms with Gasteiger partial charge in [0.25, 0.3) is 5.91 Å². The zero-order chi connectivity index (χ0) is 20.1. The monoisotopic (exact) mass is 382 g/mol. The van der Waals surface area contributed by atoms with Crippen LogP contribution >= 0.6 is 0 Å². The summed E-state index contributed by atoms with van der Waals surface area (Å²) in [5.41, 5.74) is 5.39. The fraction of sp³-hybridized carbons (Fsp3) is 0.333. The van der Waals surface area contributed by atoms with Gasteiger partial charge in [-0.1, -0.05) is 30.3 Å².